The first-order valence-electron chi connectivity index (χ1n) is 4.75. The van der Waals surface area contributed by atoms with E-state index in [0.717, 1.165) is 0 Å². The predicted octanol–water partition coefficient (Wildman–Crippen LogP) is 5.19. The maximum atomic E-state index is 13.3. The van der Waals surface area contributed by atoms with Crippen molar-refractivity contribution in [2.75, 3.05) is 0 Å². The van der Waals surface area contributed by atoms with E-state index in [1.54, 1.807) is 0 Å². The minimum atomic E-state index is -6.74. The fourth-order valence-corrected chi connectivity index (χ4v) is 1.21. The molecule has 0 saturated carbocycles. The summed E-state index contributed by atoms with van der Waals surface area (Å²) in [5.41, 5.74) is -2.40. The van der Waals surface area contributed by atoms with Crippen LogP contribution in [0.5, 0.6) is 0 Å². The summed E-state index contributed by atoms with van der Waals surface area (Å²) in [5.74, 6) is -26.2. The normalized spacial score (nSPS) is 12.8. The Morgan fingerprint density at radius 1 is 0.478 bits per heavy atom. The minimum absolute atomic E-state index is 3.85. The van der Waals surface area contributed by atoms with Gasteiger partial charge in [-0.1, -0.05) is 0 Å². The van der Waals surface area contributed by atoms with Crippen LogP contribution in [0.25, 0.3) is 0 Å². The molecule has 0 aromatic carbocycles. The summed E-state index contributed by atoms with van der Waals surface area (Å²) in [5, 5.41) is 0. The molecule has 0 aromatic heterocycles. The highest BCUT2D eigenvalue weighted by Gasteiger charge is 2.75. The number of rotatable bonds is 5. The van der Waals surface area contributed by atoms with Crippen LogP contribution in [0.1, 0.15) is 0 Å². The molecular weight excluding hydrogens is 369 g/mol. The molecule has 14 heteroatoms. The van der Waals surface area contributed by atoms with Gasteiger partial charge in [0.15, 0.2) is 5.83 Å². The average molecular weight is 371 g/mol. The monoisotopic (exact) mass is 371 g/mol. The van der Waals surface area contributed by atoms with Crippen molar-refractivity contribution in [1.29, 1.82) is 0 Å². The van der Waals surface area contributed by atoms with E-state index in [1.165, 1.54) is 0 Å². The zero-order valence-corrected chi connectivity index (χ0v) is 9.99. The van der Waals surface area contributed by atoms with Gasteiger partial charge in [0.05, 0.1) is 0 Å². The van der Waals surface area contributed by atoms with Crippen LogP contribution in [0.15, 0.2) is 35.7 Å². The third-order valence-electron chi connectivity index (χ3n) is 2.39. The Hall–Kier alpha value is -1.73. The van der Waals surface area contributed by atoms with Gasteiger partial charge >= 0.3 is 30.1 Å². The minimum Gasteiger partial charge on any atom is -0.308 e. The fourth-order valence-electron chi connectivity index (χ4n) is 1.21. The van der Waals surface area contributed by atoms with E-state index in [1.807, 2.05) is 0 Å². The van der Waals surface area contributed by atoms with Gasteiger partial charge in [0, 0.05) is 0 Å². The highest BCUT2D eigenvalue weighted by atomic mass is 19.3. The topological polar surface area (TPSA) is 26.0 Å². The zero-order chi connectivity index (χ0) is 19.0. The highest BCUT2D eigenvalue weighted by Crippen LogP contribution is 2.53. The van der Waals surface area contributed by atoms with E-state index in [0.29, 0.717) is 0 Å². The third-order valence-corrected chi connectivity index (χ3v) is 2.39. The molecule has 2 N–H and O–H groups in total. The van der Waals surface area contributed by atoms with Crippen LogP contribution < -0.4 is 5.73 Å². The lowest BCUT2D eigenvalue weighted by Gasteiger charge is -2.38. The Morgan fingerprint density at radius 2 is 0.696 bits per heavy atom. The van der Waals surface area contributed by atoms with Crippen molar-refractivity contribution in [3.05, 3.63) is 35.7 Å². The maximum Gasteiger partial charge on any atom is 0.334 e. The van der Waals surface area contributed by atoms with Crippen LogP contribution in [-0.2, 0) is 0 Å². The molecule has 0 aliphatic carbocycles. The van der Waals surface area contributed by atoms with E-state index in [9.17, 15) is 57.1 Å². The molecule has 1 nitrogen and oxygen atoms in total. The fraction of sp³-hybridized carbons (Fsp3) is 0.333. The molecule has 0 bridgehead atoms. The second-order valence-corrected chi connectivity index (χ2v) is 3.68. The summed E-state index contributed by atoms with van der Waals surface area (Å²) in [7, 11) is 0. The van der Waals surface area contributed by atoms with Crippen LogP contribution in [0.3, 0.4) is 0 Å². The van der Waals surface area contributed by atoms with Gasteiger partial charge in [-0.3, -0.25) is 0 Å². The summed E-state index contributed by atoms with van der Waals surface area (Å²) < 4.78 is 163. The van der Waals surface area contributed by atoms with Crippen LogP contribution >= 0.6 is 0 Å². The predicted molar refractivity (Wildman–Crippen MR) is 47.9 cm³/mol. The van der Waals surface area contributed by atoms with Crippen LogP contribution in [-0.4, -0.2) is 17.4 Å². The molecule has 0 fully saturated rings. The van der Waals surface area contributed by atoms with E-state index in [4.69, 9.17) is 0 Å². The van der Waals surface area contributed by atoms with Crippen LogP contribution in [0.4, 0.5) is 57.1 Å². The Bertz CT molecular complexity index is 524. The quantitative estimate of drug-likeness (QED) is 0.662. The molecule has 0 rings (SSSR count). The van der Waals surface area contributed by atoms with E-state index < -0.39 is 53.1 Å². The molecule has 0 heterocycles. The van der Waals surface area contributed by atoms with E-state index in [-0.39, 0.29) is 0 Å². The Labute approximate surface area is 117 Å². The zero-order valence-electron chi connectivity index (χ0n) is 9.99. The number of nitrogens with two attached hydrogens (primary N) is 1. The van der Waals surface area contributed by atoms with Gasteiger partial charge in [0.2, 0.25) is 17.2 Å². The van der Waals surface area contributed by atoms with Crippen molar-refractivity contribution >= 4 is 0 Å². The third kappa shape index (κ3) is 3.16. The van der Waals surface area contributed by atoms with E-state index in [2.05, 4.69) is 5.73 Å². The molecule has 0 atom stereocenters. The van der Waals surface area contributed by atoms with Crippen molar-refractivity contribution < 1.29 is 57.1 Å². The Kier molecular flexibility index (Phi) is 5.93. The molecule has 0 radical (unpaired) electrons. The van der Waals surface area contributed by atoms with Crippen molar-refractivity contribution in [3.63, 3.8) is 0 Å². The summed E-state index contributed by atoms with van der Waals surface area (Å²) in [6.07, 6.45) is -12.4. The second-order valence-electron chi connectivity index (χ2n) is 3.68. The van der Waals surface area contributed by atoms with Gasteiger partial charge < -0.3 is 5.73 Å². The molecule has 0 aliphatic heterocycles. The smallest absolute Gasteiger partial charge is 0.308 e. The van der Waals surface area contributed by atoms with Gasteiger partial charge in [-0.2, -0.15) is 52.7 Å². The first kappa shape index (κ1) is 21.3. The molecule has 0 amide bonds. The molecular formula is C9H2F13N. The Morgan fingerprint density at radius 3 is 0.870 bits per heavy atom. The standard InChI is InChI=1S/C9H2F13N/c10-1(4(13)14)7(23,8(19,20)2(11)5(15)16)9(21,22)3(12)6(17)18/h23H2. The molecule has 0 aliphatic rings. The lowest BCUT2D eigenvalue weighted by atomic mass is 9.82. The number of hydrogen-bond acceptors (Lipinski definition) is 1. The summed E-state index contributed by atoms with van der Waals surface area (Å²) in [6, 6.07) is 0. The number of halogens is 13. The van der Waals surface area contributed by atoms with Crippen LogP contribution in [0, 0.1) is 0 Å². The van der Waals surface area contributed by atoms with Gasteiger partial charge in [-0.15, -0.1) is 0 Å². The maximum absolute atomic E-state index is 13.3. The van der Waals surface area contributed by atoms with Gasteiger partial charge in [-0.05, 0) is 0 Å². The SMILES string of the molecule is NC(C(F)=C(F)F)(C(F)(F)C(F)=C(F)F)C(F)(F)C(F)=C(F)F. The van der Waals surface area contributed by atoms with Crippen molar-refractivity contribution in [3.8, 4) is 0 Å². The van der Waals surface area contributed by atoms with Crippen molar-refractivity contribution in [2.24, 2.45) is 5.73 Å². The van der Waals surface area contributed by atoms with Crippen LogP contribution in [0.2, 0.25) is 0 Å². The molecule has 0 unspecified atom stereocenters. The number of hydrogen-bond donors (Lipinski definition) is 1. The summed E-state index contributed by atoms with van der Waals surface area (Å²) in [6.45, 7) is 0. The first-order valence-corrected chi connectivity index (χ1v) is 4.75. The molecule has 0 spiro atoms. The summed E-state index contributed by atoms with van der Waals surface area (Å²) >= 11 is 0. The molecule has 134 valence electrons. The summed E-state index contributed by atoms with van der Waals surface area (Å²) in [4.78, 5) is 0. The van der Waals surface area contributed by atoms with Gasteiger partial charge in [0.1, 0.15) is 0 Å². The highest BCUT2D eigenvalue weighted by molar-refractivity contribution is 5.36. The molecule has 0 aromatic rings. The number of alkyl halides is 4. The first-order chi connectivity index (χ1) is 10.1. The Balaban J connectivity index is 6.97. The van der Waals surface area contributed by atoms with Crippen molar-refractivity contribution in [2.45, 2.75) is 17.4 Å². The van der Waals surface area contributed by atoms with E-state index >= 15 is 0 Å². The molecule has 0 saturated heterocycles. The largest absolute Gasteiger partial charge is 0.334 e. The van der Waals surface area contributed by atoms with Gasteiger partial charge in [0.25, 0.3) is 0 Å². The second kappa shape index (κ2) is 6.41. The van der Waals surface area contributed by atoms with Gasteiger partial charge in [-0.25, -0.2) is 4.39 Å². The lowest BCUT2D eigenvalue weighted by molar-refractivity contribution is -0.163. The molecule has 23 heavy (non-hydrogen) atoms. The lowest BCUT2D eigenvalue weighted by Crippen LogP contribution is -2.68. The van der Waals surface area contributed by atoms with Crippen molar-refractivity contribution in [1.82, 2.24) is 0 Å². The average Bonchev–Trinajstić information content (AvgIpc) is 2.42.